The first-order chi connectivity index (χ1) is 9.92. The zero-order valence-electron chi connectivity index (χ0n) is 12.5. The molecular formula is C15H22F2N2O2. The molecule has 1 amide bonds. The predicted octanol–water partition coefficient (Wildman–Crippen LogP) is 2.33. The highest BCUT2D eigenvalue weighted by Gasteiger charge is 2.13. The first-order valence-electron chi connectivity index (χ1n) is 6.93. The Labute approximate surface area is 123 Å². The number of carbonyl (C=O) groups excluding carboxylic acids is 1. The van der Waals surface area contributed by atoms with Crippen LogP contribution in [-0.2, 0) is 11.2 Å². The lowest BCUT2D eigenvalue weighted by atomic mass is 10.1. The Bertz CT molecular complexity index is 438. The molecule has 0 radical (unpaired) electrons. The highest BCUT2D eigenvalue weighted by molar-refractivity contribution is 5.80. The molecule has 2 unspecified atom stereocenters. The summed E-state index contributed by atoms with van der Waals surface area (Å²) in [6.45, 7) is 1.02. The largest absolute Gasteiger partial charge is 0.435 e. The van der Waals surface area contributed by atoms with Crippen molar-refractivity contribution in [2.75, 3.05) is 7.05 Å². The van der Waals surface area contributed by atoms with Gasteiger partial charge >= 0.3 is 6.61 Å². The molecule has 2 N–H and O–H groups in total. The summed E-state index contributed by atoms with van der Waals surface area (Å²) in [5, 5.41) is 5.79. The highest BCUT2D eigenvalue weighted by Crippen LogP contribution is 2.16. The number of nitrogens with one attached hydrogen (secondary N) is 2. The van der Waals surface area contributed by atoms with Crippen LogP contribution in [0.25, 0.3) is 0 Å². The molecule has 0 aliphatic rings. The molecule has 0 saturated carbocycles. The van der Waals surface area contributed by atoms with E-state index in [1.807, 2.05) is 13.8 Å². The van der Waals surface area contributed by atoms with E-state index in [0.717, 1.165) is 18.4 Å². The smallest absolute Gasteiger partial charge is 0.387 e. The first kappa shape index (κ1) is 17.4. The van der Waals surface area contributed by atoms with Crippen molar-refractivity contribution in [1.29, 1.82) is 0 Å². The van der Waals surface area contributed by atoms with E-state index in [9.17, 15) is 13.6 Å². The van der Waals surface area contributed by atoms with Crippen molar-refractivity contribution in [2.45, 2.75) is 45.4 Å². The van der Waals surface area contributed by atoms with Gasteiger partial charge in [0.15, 0.2) is 0 Å². The summed E-state index contributed by atoms with van der Waals surface area (Å²) >= 11 is 0. The van der Waals surface area contributed by atoms with Crippen molar-refractivity contribution >= 4 is 5.91 Å². The maximum atomic E-state index is 12.0. The Balaban J connectivity index is 2.39. The van der Waals surface area contributed by atoms with E-state index in [-0.39, 0.29) is 23.7 Å². The fourth-order valence-electron chi connectivity index (χ4n) is 2.02. The molecule has 1 aromatic rings. The molecule has 0 aliphatic carbocycles. The van der Waals surface area contributed by atoms with Crippen LogP contribution in [0.2, 0.25) is 0 Å². The van der Waals surface area contributed by atoms with Crippen LogP contribution >= 0.6 is 0 Å². The van der Waals surface area contributed by atoms with Crippen molar-refractivity contribution in [1.82, 2.24) is 10.6 Å². The average Bonchev–Trinajstić information content (AvgIpc) is 2.45. The van der Waals surface area contributed by atoms with E-state index < -0.39 is 6.61 Å². The zero-order valence-corrected chi connectivity index (χ0v) is 12.5. The topological polar surface area (TPSA) is 50.4 Å². The van der Waals surface area contributed by atoms with Gasteiger partial charge in [-0.15, -0.1) is 0 Å². The summed E-state index contributed by atoms with van der Waals surface area (Å²) < 4.78 is 28.4. The van der Waals surface area contributed by atoms with Crippen molar-refractivity contribution in [2.24, 2.45) is 0 Å². The third-order valence-corrected chi connectivity index (χ3v) is 3.19. The summed E-state index contributed by atoms with van der Waals surface area (Å²) in [6, 6.07) is 6.54. The van der Waals surface area contributed by atoms with Gasteiger partial charge in [0, 0.05) is 13.1 Å². The molecule has 4 nitrogen and oxygen atoms in total. The first-order valence-corrected chi connectivity index (χ1v) is 6.93. The molecule has 0 heterocycles. The molecule has 6 heteroatoms. The Morgan fingerprint density at radius 1 is 1.24 bits per heavy atom. The molecule has 1 rings (SSSR count). The molecule has 0 fully saturated rings. The number of hydrogen-bond donors (Lipinski definition) is 2. The van der Waals surface area contributed by atoms with Gasteiger partial charge in [-0.2, -0.15) is 8.78 Å². The third kappa shape index (κ3) is 6.53. The van der Waals surface area contributed by atoms with Gasteiger partial charge in [-0.3, -0.25) is 4.79 Å². The monoisotopic (exact) mass is 300 g/mol. The second-order valence-electron chi connectivity index (χ2n) is 4.96. The number of carbonyl (C=O) groups is 1. The normalized spacial score (nSPS) is 13.8. The number of hydrogen-bond acceptors (Lipinski definition) is 3. The SMILES string of the molecule is CNC(=O)C(C)NC(C)CCc1ccc(OC(F)F)cc1. The molecule has 2 atom stereocenters. The molecule has 0 spiro atoms. The van der Waals surface area contributed by atoms with Crippen LogP contribution in [0.4, 0.5) is 8.78 Å². The van der Waals surface area contributed by atoms with Crippen LogP contribution in [0.3, 0.4) is 0 Å². The molecule has 0 saturated heterocycles. The number of halogens is 2. The summed E-state index contributed by atoms with van der Waals surface area (Å²) in [4.78, 5) is 11.4. The van der Waals surface area contributed by atoms with Crippen molar-refractivity contribution in [3.63, 3.8) is 0 Å². The minimum absolute atomic E-state index is 0.0460. The average molecular weight is 300 g/mol. The number of rotatable bonds is 8. The molecule has 1 aromatic carbocycles. The van der Waals surface area contributed by atoms with Crippen LogP contribution in [0, 0.1) is 0 Å². The number of amides is 1. The van der Waals surface area contributed by atoms with Gasteiger partial charge in [-0.25, -0.2) is 0 Å². The Kier molecular flexibility index (Phi) is 7.08. The Morgan fingerprint density at radius 2 is 1.86 bits per heavy atom. The van der Waals surface area contributed by atoms with Gasteiger partial charge < -0.3 is 15.4 Å². The van der Waals surface area contributed by atoms with E-state index >= 15 is 0 Å². The van der Waals surface area contributed by atoms with Gasteiger partial charge in [-0.05, 0) is 44.4 Å². The van der Waals surface area contributed by atoms with Crippen molar-refractivity contribution in [3.8, 4) is 5.75 Å². The van der Waals surface area contributed by atoms with Gasteiger partial charge in [0.1, 0.15) is 5.75 Å². The standard InChI is InChI=1S/C15H22F2N2O2/c1-10(19-11(2)14(20)18-3)4-5-12-6-8-13(9-7-12)21-15(16)17/h6-11,15,19H,4-5H2,1-3H3,(H,18,20). The van der Waals surface area contributed by atoms with Gasteiger partial charge in [0.25, 0.3) is 0 Å². The van der Waals surface area contributed by atoms with Crippen molar-refractivity contribution < 1.29 is 18.3 Å². The highest BCUT2D eigenvalue weighted by atomic mass is 19.3. The van der Waals surface area contributed by atoms with Crippen molar-refractivity contribution in [3.05, 3.63) is 29.8 Å². The van der Waals surface area contributed by atoms with E-state index in [0.29, 0.717) is 0 Å². The van der Waals surface area contributed by atoms with Gasteiger partial charge in [-0.1, -0.05) is 12.1 Å². The summed E-state index contributed by atoms with van der Waals surface area (Å²) in [5.41, 5.74) is 1.04. The second-order valence-corrected chi connectivity index (χ2v) is 4.96. The Morgan fingerprint density at radius 3 is 2.38 bits per heavy atom. The van der Waals surface area contributed by atoms with Gasteiger partial charge in [0.2, 0.25) is 5.91 Å². The van der Waals surface area contributed by atoms with Crippen LogP contribution in [0.5, 0.6) is 5.75 Å². The van der Waals surface area contributed by atoms with E-state index in [2.05, 4.69) is 15.4 Å². The number of ether oxygens (including phenoxy) is 1. The minimum atomic E-state index is -2.80. The second kappa shape index (κ2) is 8.56. The maximum absolute atomic E-state index is 12.0. The number of alkyl halides is 2. The quantitative estimate of drug-likeness (QED) is 0.775. The van der Waals surface area contributed by atoms with Crippen LogP contribution in [0.1, 0.15) is 25.8 Å². The number of benzene rings is 1. The lowest BCUT2D eigenvalue weighted by Crippen LogP contribution is -2.44. The maximum Gasteiger partial charge on any atom is 0.387 e. The summed E-state index contributed by atoms with van der Waals surface area (Å²) in [5.74, 6) is 0.114. The summed E-state index contributed by atoms with van der Waals surface area (Å²) in [6.07, 6.45) is 1.64. The molecule has 0 aliphatic heterocycles. The summed E-state index contributed by atoms with van der Waals surface area (Å²) in [7, 11) is 1.61. The Hall–Kier alpha value is -1.69. The number of aryl methyl sites for hydroxylation is 1. The van der Waals surface area contributed by atoms with Gasteiger partial charge in [0.05, 0.1) is 6.04 Å². The van der Waals surface area contributed by atoms with Crippen LogP contribution in [-0.4, -0.2) is 31.7 Å². The van der Waals surface area contributed by atoms with E-state index in [4.69, 9.17) is 0 Å². The predicted molar refractivity (Wildman–Crippen MR) is 77.5 cm³/mol. The van der Waals surface area contributed by atoms with Crippen LogP contribution < -0.4 is 15.4 Å². The third-order valence-electron chi connectivity index (χ3n) is 3.19. The fourth-order valence-corrected chi connectivity index (χ4v) is 2.02. The molecule has 21 heavy (non-hydrogen) atoms. The van der Waals surface area contributed by atoms with E-state index in [1.165, 1.54) is 12.1 Å². The molecular weight excluding hydrogens is 278 g/mol. The lowest BCUT2D eigenvalue weighted by molar-refractivity contribution is -0.122. The fraction of sp³-hybridized carbons (Fsp3) is 0.533. The molecule has 0 bridgehead atoms. The van der Waals surface area contributed by atoms with E-state index in [1.54, 1.807) is 19.2 Å². The zero-order chi connectivity index (χ0) is 15.8. The molecule has 0 aromatic heterocycles. The molecule has 118 valence electrons. The number of likely N-dealkylation sites (N-methyl/N-ethyl adjacent to an activating group) is 1. The minimum Gasteiger partial charge on any atom is -0.435 e. The van der Waals surface area contributed by atoms with Crippen LogP contribution in [0.15, 0.2) is 24.3 Å². The lowest BCUT2D eigenvalue weighted by Gasteiger charge is -2.18.